The van der Waals surface area contributed by atoms with E-state index in [1.165, 1.54) is 12.1 Å². The molecule has 1 N–H and O–H groups in total. The van der Waals surface area contributed by atoms with Gasteiger partial charge in [0.05, 0.1) is 0 Å². The Kier molecular flexibility index (Phi) is 7.81. The Labute approximate surface area is 181 Å². The van der Waals surface area contributed by atoms with Gasteiger partial charge >= 0.3 is 6.61 Å². The first-order chi connectivity index (χ1) is 14.9. The van der Waals surface area contributed by atoms with Crippen molar-refractivity contribution in [1.29, 1.82) is 0 Å². The number of likely N-dealkylation sites (tertiary alicyclic amines) is 1. The quantitative estimate of drug-likeness (QED) is 0.514. The predicted molar refractivity (Wildman–Crippen MR) is 116 cm³/mol. The normalized spacial score (nSPS) is 14.3. The Bertz CT molecular complexity index is 903. The maximum absolute atomic E-state index is 12.3. The molecule has 2 aromatic rings. The molecular weight excluding hydrogens is 402 g/mol. The summed E-state index contributed by atoms with van der Waals surface area (Å²) in [5, 5.41) is 3.34. The molecule has 0 atom stereocenters. The summed E-state index contributed by atoms with van der Waals surface area (Å²) in [7, 11) is 3.63. The Morgan fingerprint density at radius 1 is 1.19 bits per heavy atom. The molecule has 3 rings (SSSR count). The second-order valence-electron chi connectivity index (χ2n) is 7.52. The maximum atomic E-state index is 12.3. The minimum Gasteiger partial charge on any atom is -0.435 e. The van der Waals surface area contributed by atoms with E-state index in [9.17, 15) is 13.6 Å². The first kappa shape index (κ1) is 22.5. The molecule has 0 saturated carbocycles. The highest BCUT2D eigenvalue weighted by Crippen LogP contribution is 2.17. The number of nitrogens with zero attached hydrogens (tertiary/aromatic N) is 3. The van der Waals surface area contributed by atoms with Gasteiger partial charge in [-0.3, -0.25) is 9.79 Å². The maximum Gasteiger partial charge on any atom is 0.387 e. The van der Waals surface area contributed by atoms with Gasteiger partial charge in [-0.25, -0.2) is 0 Å². The number of carbonyl (C=O) groups is 1. The summed E-state index contributed by atoms with van der Waals surface area (Å²) < 4.78 is 28.9. The van der Waals surface area contributed by atoms with E-state index in [-0.39, 0.29) is 11.7 Å². The van der Waals surface area contributed by atoms with Crippen LogP contribution in [-0.2, 0) is 24.4 Å². The van der Waals surface area contributed by atoms with Crippen LogP contribution in [0.3, 0.4) is 0 Å². The van der Waals surface area contributed by atoms with Gasteiger partial charge in [0, 0.05) is 46.7 Å². The third-order valence-corrected chi connectivity index (χ3v) is 5.13. The number of carbonyl (C=O) groups excluding carboxylic acids is 1. The molecule has 166 valence electrons. The van der Waals surface area contributed by atoms with Gasteiger partial charge in [-0.1, -0.05) is 36.4 Å². The molecule has 0 aromatic heterocycles. The fraction of sp³-hybridized carbons (Fsp3) is 0.391. The van der Waals surface area contributed by atoms with Crippen molar-refractivity contribution in [3.8, 4) is 5.75 Å². The van der Waals surface area contributed by atoms with Crippen LogP contribution in [0.2, 0.25) is 0 Å². The highest BCUT2D eigenvalue weighted by molar-refractivity contribution is 5.79. The molecule has 1 heterocycles. The van der Waals surface area contributed by atoms with E-state index in [2.05, 4.69) is 21.1 Å². The minimum atomic E-state index is -2.83. The molecule has 6 nitrogen and oxygen atoms in total. The van der Waals surface area contributed by atoms with E-state index in [1.807, 2.05) is 35.0 Å². The lowest BCUT2D eigenvalue weighted by Gasteiger charge is -2.22. The fourth-order valence-corrected chi connectivity index (χ4v) is 3.62. The number of nitrogens with one attached hydrogen (secondary N) is 1. The van der Waals surface area contributed by atoms with Crippen LogP contribution in [0.5, 0.6) is 5.75 Å². The Morgan fingerprint density at radius 3 is 2.58 bits per heavy atom. The SMILES string of the molecule is CN=C(NCc1cccc(CN2CCCC2=O)c1)N(C)Cc1ccc(OC(F)F)cc1. The molecule has 0 radical (unpaired) electrons. The van der Waals surface area contributed by atoms with Crippen molar-refractivity contribution in [1.82, 2.24) is 15.1 Å². The van der Waals surface area contributed by atoms with Crippen LogP contribution in [0, 0.1) is 0 Å². The zero-order valence-electron chi connectivity index (χ0n) is 17.9. The smallest absolute Gasteiger partial charge is 0.387 e. The largest absolute Gasteiger partial charge is 0.435 e. The van der Waals surface area contributed by atoms with Gasteiger partial charge in [0.2, 0.25) is 5.91 Å². The standard InChI is InChI=1S/C23H28F2N4O2/c1-26-23(28(2)15-17-8-10-20(11-9-17)31-22(24)25)27-14-18-5-3-6-19(13-18)16-29-12-4-7-21(29)30/h3,5-6,8-11,13,22H,4,7,12,14-16H2,1-2H3,(H,26,27). The van der Waals surface area contributed by atoms with Gasteiger partial charge in [-0.05, 0) is 35.2 Å². The molecule has 1 aliphatic heterocycles. The number of hydrogen-bond donors (Lipinski definition) is 1. The van der Waals surface area contributed by atoms with E-state index in [0.717, 1.165) is 29.7 Å². The highest BCUT2D eigenvalue weighted by Gasteiger charge is 2.20. The predicted octanol–water partition coefficient (Wildman–Crippen LogP) is 3.62. The van der Waals surface area contributed by atoms with Gasteiger partial charge in [0.25, 0.3) is 0 Å². The second-order valence-corrected chi connectivity index (χ2v) is 7.52. The summed E-state index contributed by atoms with van der Waals surface area (Å²) in [6.07, 6.45) is 1.58. The van der Waals surface area contributed by atoms with Crippen molar-refractivity contribution in [3.63, 3.8) is 0 Å². The minimum absolute atomic E-state index is 0.138. The lowest BCUT2D eigenvalue weighted by molar-refractivity contribution is -0.128. The first-order valence-electron chi connectivity index (χ1n) is 10.3. The molecule has 1 saturated heterocycles. The lowest BCUT2D eigenvalue weighted by Crippen LogP contribution is -2.38. The summed E-state index contributed by atoms with van der Waals surface area (Å²) in [6.45, 7) is -0.197. The van der Waals surface area contributed by atoms with Crippen LogP contribution in [0.4, 0.5) is 8.78 Å². The Balaban J connectivity index is 1.53. The highest BCUT2D eigenvalue weighted by atomic mass is 19.3. The number of guanidine groups is 1. The van der Waals surface area contributed by atoms with E-state index in [1.54, 1.807) is 19.2 Å². The summed E-state index contributed by atoms with van der Waals surface area (Å²) in [4.78, 5) is 20.0. The van der Waals surface area contributed by atoms with Crippen molar-refractivity contribution in [2.24, 2.45) is 4.99 Å². The van der Waals surface area contributed by atoms with Crippen molar-refractivity contribution in [3.05, 3.63) is 65.2 Å². The van der Waals surface area contributed by atoms with Crippen molar-refractivity contribution in [2.75, 3.05) is 20.6 Å². The molecule has 1 aliphatic rings. The van der Waals surface area contributed by atoms with E-state index in [0.29, 0.717) is 32.0 Å². The number of aliphatic imine (C=N–C) groups is 1. The van der Waals surface area contributed by atoms with E-state index in [4.69, 9.17) is 0 Å². The van der Waals surface area contributed by atoms with E-state index < -0.39 is 6.61 Å². The molecule has 1 amide bonds. The third-order valence-electron chi connectivity index (χ3n) is 5.13. The van der Waals surface area contributed by atoms with Crippen molar-refractivity contribution in [2.45, 2.75) is 39.1 Å². The molecule has 1 fully saturated rings. The zero-order chi connectivity index (χ0) is 22.2. The molecule has 8 heteroatoms. The number of halogens is 2. The molecule has 0 unspecified atom stereocenters. The summed E-state index contributed by atoms with van der Waals surface area (Å²) in [5.41, 5.74) is 3.17. The summed E-state index contributed by atoms with van der Waals surface area (Å²) in [6, 6.07) is 14.8. The van der Waals surface area contributed by atoms with Gasteiger partial charge < -0.3 is 19.9 Å². The molecular formula is C23H28F2N4O2. The van der Waals surface area contributed by atoms with Crippen LogP contribution in [0.15, 0.2) is 53.5 Å². The number of rotatable bonds is 8. The monoisotopic (exact) mass is 430 g/mol. The molecule has 0 spiro atoms. The molecule has 2 aromatic carbocycles. The van der Waals surface area contributed by atoms with Crippen LogP contribution < -0.4 is 10.1 Å². The van der Waals surface area contributed by atoms with E-state index >= 15 is 0 Å². The van der Waals surface area contributed by atoms with Crippen LogP contribution >= 0.6 is 0 Å². The van der Waals surface area contributed by atoms with Gasteiger partial charge in [-0.2, -0.15) is 8.78 Å². The van der Waals surface area contributed by atoms with Crippen LogP contribution in [-0.4, -0.2) is 48.9 Å². The lowest BCUT2D eigenvalue weighted by atomic mass is 10.1. The number of amides is 1. The van der Waals surface area contributed by atoms with Crippen LogP contribution in [0.1, 0.15) is 29.5 Å². The first-order valence-corrected chi connectivity index (χ1v) is 10.3. The second kappa shape index (κ2) is 10.7. The van der Waals surface area contributed by atoms with Crippen molar-refractivity contribution >= 4 is 11.9 Å². The zero-order valence-corrected chi connectivity index (χ0v) is 17.9. The van der Waals surface area contributed by atoms with Gasteiger partial charge in [0.15, 0.2) is 5.96 Å². The van der Waals surface area contributed by atoms with Gasteiger partial charge in [0.1, 0.15) is 5.75 Å². The average molecular weight is 430 g/mol. The van der Waals surface area contributed by atoms with Gasteiger partial charge in [-0.15, -0.1) is 0 Å². The molecule has 0 aliphatic carbocycles. The fourth-order valence-electron chi connectivity index (χ4n) is 3.62. The summed E-state index contributed by atoms with van der Waals surface area (Å²) in [5.74, 6) is 1.08. The number of ether oxygens (including phenoxy) is 1. The Morgan fingerprint density at radius 2 is 1.94 bits per heavy atom. The van der Waals surface area contributed by atoms with Crippen LogP contribution in [0.25, 0.3) is 0 Å². The third kappa shape index (κ3) is 6.67. The summed E-state index contributed by atoms with van der Waals surface area (Å²) >= 11 is 0. The number of hydrogen-bond acceptors (Lipinski definition) is 3. The Hall–Kier alpha value is -3.16. The topological polar surface area (TPSA) is 57.2 Å². The number of alkyl halides is 2. The molecule has 0 bridgehead atoms. The van der Waals surface area contributed by atoms with Crippen molar-refractivity contribution < 1.29 is 18.3 Å². The average Bonchev–Trinajstić information content (AvgIpc) is 3.14. The molecule has 31 heavy (non-hydrogen) atoms. The number of benzene rings is 2.